The van der Waals surface area contributed by atoms with Crippen molar-refractivity contribution in [2.45, 2.75) is 45.4 Å². The van der Waals surface area contributed by atoms with Gasteiger partial charge in [-0.15, -0.1) is 11.3 Å². The standard InChI is InChI=1S/C16H26N2O2S/c1-3-9-18-16-14(15(19)17-10-6-11-20-2)12-7-4-5-8-13(12)21-16/h18H,3-11H2,1-2H3,(H,17,19). The third kappa shape index (κ3) is 4.20. The molecule has 1 aromatic heterocycles. The first-order valence-corrected chi connectivity index (χ1v) is 8.75. The van der Waals surface area contributed by atoms with Gasteiger partial charge < -0.3 is 15.4 Å². The molecule has 21 heavy (non-hydrogen) atoms. The molecule has 1 heterocycles. The maximum Gasteiger partial charge on any atom is 0.254 e. The van der Waals surface area contributed by atoms with Gasteiger partial charge in [-0.3, -0.25) is 4.79 Å². The van der Waals surface area contributed by atoms with Crippen molar-refractivity contribution in [3.8, 4) is 0 Å². The van der Waals surface area contributed by atoms with Crippen molar-refractivity contribution in [2.24, 2.45) is 0 Å². The molecule has 0 radical (unpaired) electrons. The van der Waals surface area contributed by atoms with Crippen molar-refractivity contribution in [3.05, 3.63) is 16.0 Å². The quantitative estimate of drug-likeness (QED) is 0.725. The maximum atomic E-state index is 12.5. The zero-order chi connectivity index (χ0) is 15.1. The molecule has 2 rings (SSSR count). The number of nitrogens with one attached hydrogen (secondary N) is 2. The maximum absolute atomic E-state index is 12.5. The van der Waals surface area contributed by atoms with Crippen molar-refractivity contribution < 1.29 is 9.53 Å². The van der Waals surface area contributed by atoms with E-state index in [9.17, 15) is 4.79 Å². The first kappa shape index (κ1) is 16.3. The highest BCUT2D eigenvalue weighted by Gasteiger charge is 2.24. The van der Waals surface area contributed by atoms with Crippen LogP contribution in [0.15, 0.2) is 0 Å². The molecule has 0 bridgehead atoms. The fourth-order valence-electron chi connectivity index (χ4n) is 2.68. The van der Waals surface area contributed by atoms with Crippen LogP contribution in [0.5, 0.6) is 0 Å². The number of hydrogen-bond donors (Lipinski definition) is 2. The van der Waals surface area contributed by atoms with Crippen LogP contribution in [0.2, 0.25) is 0 Å². The van der Waals surface area contributed by atoms with E-state index in [0.29, 0.717) is 13.2 Å². The van der Waals surface area contributed by atoms with Gasteiger partial charge in [-0.05, 0) is 44.1 Å². The Labute approximate surface area is 131 Å². The van der Waals surface area contributed by atoms with Gasteiger partial charge >= 0.3 is 0 Å². The van der Waals surface area contributed by atoms with Crippen LogP contribution in [0, 0.1) is 0 Å². The Kier molecular flexibility index (Phi) is 6.51. The Hall–Kier alpha value is -1.07. The molecule has 0 aromatic carbocycles. The zero-order valence-electron chi connectivity index (χ0n) is 13.1. The van der Waals surface area contributed by atoms with Gasteiger partial charge in [0.05, 0.1) is 5.56 Å². The fourth-order valence-corrected chi connectivity index (χ4v) is 3.99. The van der Waals surface area contributed by atoms with Gasteiger partial charge in [0.1, 0.15) is 5.00 Å². The smallest absolute Gasteiger partial charge is 0.254 e. The Bertz CT molecular complexity index is 471. The Morgan fingerprint density at radius 1 is 1.29 bits per heavy atom. The lowest BCUT2D eigenvalue weighted by Gasteiger charge is -2.13. The molecule has 5 heteroatoms. The number of thiophene rings is 1. The molecule has 0 atom stereocenters. The largest absolute Gasteiger partial charge is 0.385 e. The van der Waals surface area contributed by atoms with Gasteiger partial charge in [0.25, 0.3) is 5.91 Å². The first-order chi connectivity index (χ1) is 10.3. The molecule has 1 aromatic rings. The summed E-state index contributed by atoms with van der Waals surface area (Å²) in [5, 5.41) is 7.53. The van der Waals surface area contributed by atoms with Crippen LogP contribution < -0.4 is 10.6 Å². The van der Waals surface area contributed by atoms with Crippen molar-refractivity contribution in [1.82, 2.24) is 5.32 Å². The summed E-state index contributed by atoms with van der Waals surface area (Å²) < 4.78 is 5.02. The molecule has 2 N–H and O–H groups in total. The highest BCUT2D eigenvalue weighted by Crippen LogP contribution is 2.38. The summed E-state index contributed by atoms with van der Waals surface area (Å²) in [7, 11) is 1.68. The summed E-state index contributed by atoms with van der Waals surface area (Å²) in [4.78, 5) is 13.9. The molecule has 1 amide bonds. The predicted molar refractivity (Wildman–Crippen MR) is 88.6 cm³/mol. The molecule has 0 fully saturated rings. The van der Waals surface area contributed by atoms with Crippen molar-refractivity contribution in [2.75, 3.05) is 32.1 Å². The van der Waals surface area contributed by atoms with Crippen LogP contribution in [0.4, 0.5) is 5.00 Å². The third-order valence-corrected chi connectivity index (χ3v) is 4.99. The molecular formula is C16H26N2O2S. The second kappa shape index (κ2) is 8.39. The van der Waals surface area contributed by atoms with E-state index in [2.05, 4.69) is 17.6 Å². The minimum absolute atomic E-state index is 0.0732. The molecule has 0 unspecified atom stereocenters. The highest BCUT2D eigenvalue weighted by atomic mass is 32.1. The predicted octanol–water partition coefficient (Wildman–Crippen LogP) is 3.22. The van der Waals surface area contributed by atoms with E-state index in [1.54, 1.807) is 18.4 Å². The van der Waals surface area contributed by atoms with Gasteiger partial charge in [-0.1, -0.05) is 6.92 Å². The van der Waals surface area contributed by atoms with Crippen LogP contribution in [0.25, 0.3) is 0 Å². The fraction of sp³-hybridized carbons (Fsp3) is 0.688. The zero-order valence-corrected chi connectivity index (χ0v) is 13.9. The number of fused-ring (bicyclic) bond motifs is 1. The van der Waals surface area contributed by atoms with Gasteiger partial charge in [0.2, 0.25) is 0 Å². The van der Waals surface area contributed by atoms with Gasteiger partial charge in [0, 0.05) is 31.7 Å². The van der Waals surface area contributed by atoms with E-state index in [1.807, 2.05) is 0 Å². The van der Waals surface area contributed by atoms with E-state index in [1.165, 1.54) is 23.3 Å². The number of carbonyl (C=O) groups is 1. The Morgan fingerprint density at radius 3 is 2.86 bits per heavy atom. The Morgan fingerprint density at radius 2 is 2.10 bits per heavy atom. The summed E-state index contributed by atoms with van der Waals surface area (Å²) in [6.07, 6.45) is 6.53. The van der Waals surface area contributed by atoms with E-state index < -0.39 is 0 Å². The lowest BCUT2D eigenvalue weighted by Crippen LogP contribution is -2.27. The number of rotatable bonds is 8. The van der Waals surface area contributed by atoms with Crippen LogP contribution in [0.3, 0.4) is 0 Å². The average Bonchev–Trinajstić information content (AvgIpc) is 2.87. The van der Waals surface area contributed by atoms with Crippen LogP contribution in [0.1, 0.15) is 53.4 Å². The van der Waals surface area contributed by atoms with E-state index in [0.717, 1.165) is 42.8 Å². The number of carbonyl (C=O) groups excluding carboxylic acids is 1. The number of aryl methyl sites for hydroxylation is 1. The number of ether oxygens (including phenoxy) is 1. The van der Waals surface area contributed by atoms with Crippen molar-refractivity contribution in [3.63, 3.8) is 0 Å². The topological polar surface area (TPSA) is 50.4 Å². The van der Waals surface area contributed by atoms with Crippen molar-refractivity contribution in [1.29, 1.82) is 0 Å². The molecular weight excluding hydrogens is 284 g/mol. The second-order valence-corrected chi connectivity index (χ2v) is 6.55. The van der Waals surface area contributed by atoms with Crippen LogP contribution in [-0.2, 0) is 17.6 Å². The molecule has 0 spiro atoms. The van der Waals surface area contributed by atoms with Crippen LogP contribution >= 0.6 is 11.3 Å². The normalized spacial score (nSPS) is 13.8. The molecule has 0 saturated carbocycles. The molecule has 118 valence electrons. The van der Waals surface area contributed by atoms with E-state index >= 15 is 0 Å². The molecule has 0 saturated heterocycles. The first-order valence-electron chi connectivity index (χ1n) is 7.93. The molecule has 1 aliphatic carbocycles. The van der Waals surface area contributed by atoms with Gasteiger partial charge in [0.15, 0.2) is 0 Å². The number of hydrogen-bond acceptors (Lipinski definition) is 4. The minimum atomic E-state index is 0.0732. The lowest BCUT2D eigenvalue weighted by molar-refractivity contribution is 0.0948. The van der Waals surface area contributed by atoms with E-state index in [-0.39, 0.29) is 5.91 Å². The number of methoxy groups -OCH3 is 1. The summed E-state index contributed by atoms with van der Waals surface area (Å²) in [5.74, 6) is 0.0732. The number of anilines is 1. The number of amides is 1. The van der Waals surface area contributed by atoms with Crippen molar-refractivity contribution >= 4 is 22.2 Å². The van der Waals surface area contributed by atoms with Gasteiger partial charge in [-0.25, -0.2) is 0 Å². The van der Waals surface area contributed by atoms with Gasteiger partial charge in [-0.2, -0.15) is 0 Å². The highest BCUT2D eigenvalue weighted by molar-refractivity contribution is 7.16. The SMILES string of the molecule is CCCNc1sc2c(c1C(=O)NCCCOC)CCCC2. The summed E-state index contributed by atoms with van der Waals surface area (Å²) in [6.45, 7) is 4.42. The second-order valence-electron chi connectivity index (χ2n) is 5.44. The molecule has 4 nitrogen and oxygen atoms in total. The average molecular weight is 310 g/mol. The van der Waals surface area contributed by atoms with E-state index in [4.69, 9.17) is 4.74 Å². The Balaban J connectivity index is 2.10. The molecule has 0 aliphatic heterocycles. The van der Waals surface area contributed by atoms with Crippen LogP contribution in [-0.4, -0.2) is 32.7 Å². The summed E-state index contributed by atoms with van der Waals surface area (Å²) in [6, 6.07) is 0. The molecule has 1 aliphatic rings. The third-order valence-electron chi connectivity index (χ3n) is 3.74. The summed E-state index contributed by atoms with van der Waals surface area (Å²) in [5.41, 5.74) is 2.19. The summed E-state index contributed by atoms with van der Waals surface area (Å²) >= 11 is 1.78. The lowest BCUT2D eigenvalue weighted by atomic mass is 9.95. The minimum Gasteiger partial charge on any atom is -0.385 e. The monoisotopic (exact) mass is 310 g/mol.